The minimum Gasteiger partial charge on any atom is -0.384 e. The van der Waals surface area contributed by atoms with Crippen molar-refractivity contribution in [3.8, 4) is 0 Å². The van der Waals surface area contributed by atoms with E-state index in [1.54, 1.807) is 0 Å². The smallest absolute Gasteiger partial charge is 0.251 e. The highest BCUT2D eigenvalue weighted by Gasteiger charge is 2.12. The van der Waals surface area contributed by atoms with Crippen molar-refractivity contribution in [2.45, 2.75) is 13.3 Å². The van der Waals surface area contributed by atoms with Crippen molar-refractivity contribution in [3.63, 3.8) is 0 Å². The first-order valence-electron chi connectivity index (χ1n) is 5.46. The second-order valence-corrected chi connectivity index (χ2v) is 4.19. The van der Waals surface area contributed by atoms with E-state index < -0.39 is 0 Å². The summed E-state index contributed by atoms with van der Waals surface area (Å²) in [6.07, 6.45) is 1.04. The van der Waals surface area contributed by atoms with E-state index in [1.807, 2.05) is 25.1 Å². The third-order valence-corrected chi connectivity index (χ3v) is 2.63. The van der Waals surface area contributed by atoms with Gasteiger partial charge in [-0.1, -0.05) is 18.2 Å². The molecule has 0 saturated heterocycles. The Hall–Kier alpha value is -1.77. The van der Waals surface area contributed by atoms with Crippen LogP contribution in [0, 0.1) is 0 Å². The first-order valence-corrected chi connectivity index (χ1v) is 5.46. The Balaban J connectivity index is 2.09. The summed E-state index contributed by atoms with van der Waals surface area (Å²) in [7, 11) is 0. The summed E-state index contributed by atoms with van der Waals surface area (Å²) in [5.74, 6) is -0.0421. The number of carbonyl (C=O) groups is 1. The zero-order chi connectivity index (χ0) is 11.5. The zero-order valence-electron chi connectivity index (χ0n) is 9.47. The highest BCUT2D eigenvalue weighted by atomic mass is 16.1. The Bertz CT molecular complexity index is 438. The lowest BCUT2D eigenvalue weighted by Gasteiger charge is -2.06. The molecule has 2 rings (SSSR count). The van der Waals surface area contributed by atoms with E-state index >= 15 is 0 Å². The molecule has 0 unspecified atom stereocenters. The lowest BCUT2D eigenvalue weighted by molar-refractivity contribution is 0.0957. The number of hydrogen-bond acceptors (Lipinski definition) is 2. The second-order valence-electron chi connectivity index (χ2n) is 4.19. The van der Waals surface area contributed by atoms with Gasteiger partial charge in [0.25, 0.3) is 5.91 Å². The first kappa shape index (κ1) is 10.7. The molecule has 1 aromatic carbocycles. The maximum absolute atomic E-state index is 11.8. The Kier molecular flexibility index (Phi) is 2.95. The molecule has 0 radical (unpaired) electrons. The summed E-state index contributed by atoms with van der Waals surface area (Å²) in [5.41, 5.74) is 4.03. The molecule has 0 aliphatic carbocycles. The SMILES string of the molecule is C=C(C)CNC(=O)c1ccc2c(c1)NCC2. The molecule has 0 fully saturated rings. The molecule has 84 valence electrons. The van der Waals surface area contributed by atoms with Crippen LogP contribution in [-0.4, -0.2) is 19.0 Å². The van der Waals surface area contributed by atoms with Crippen LogP contribution in [0.3, 0.4) is 0 Å². The Morgan fingerprint density at radius 1 is 1.56 bits per heavy atom. The highest BCUT2D eigenvalue weighted by Crippen LogP contribution is 2.23. The minimum atomic E-state index is -0.0421. The fourth-order valence-electron chi connectivity index (χ4n) is 1.77. The number of rotatable bonds is 3. The first-order chi connectivity index (χ1) is 7.66. The summed E-state index contributed by atoms with van der Waals surface area (Å²) >= 11 is 0. The minimum absolute atomic E-state index is 0.0421. The van der Waals surface area contributed by atoms with E-state index in [-0.39, 0.29) is 5.91 Å². The van der Waals surface area contributed by atoms with Gasteiger partial charge < -0.3 is 10.6 Å². The van der Waals surface area contributed by atoms with Gasteiger partial charge in [0, 0.05) is 24.3 Å². The molecule has 0 spiro atoms. The molecule has 2 N–H and O–H groups in total. The van der Waals surface area contributed by atoms with Gasteiger partial charge in [0.05, 0.1) is 0 Å². The molecule has 0 aromatic heterocycles. The normalized spacial score (nSPS) is 12.8. The van der Waals surface area contributed by atoms with Crippen LogP contribution in [0.5, 0.6) is 0 Å². The predicted molar refractivity (Wildman–Crippen MR) is 65.8 cm³/mol. The number of carbonyl (C=O) groups excluding carboxylic acids is 1. The molecule has 3 heteroatoms. The van der Waals surface area contributed by atoms with Crippen LogP contribution in [0.4, 0.5) is 5.69 Å². The van der Waals surface area contributed by atoms with Gasteiger partial charge in [0.15, 0.2) is 0 Å². The quantitative estimate of drug-likeness (QED) is 0.758. The number of amides is 1. The maximum atomic E-state index is 11.8. The van der Waals surface area contributed by atoms with Crippen LogP contribution >= 0.6 is 0 Å². The van der Waals surface area contributed by atoms with Gasteiger partial charge >= 0.3 is 0 Å². The maximum Gasteiger partial charge on any atom is 0.251 e. The number of anilines is 1. The third kappa shape index (κ3) is 2.24. The molecule has 16 heavy (non-hydrogen) atoms. The molecule has 1 heterocycles. The number of fused-ring (bicyclic) bond motifs is 1. The van der Waals surface area contributed by atoms with E-state index in [0.29, 0.717) is 12.1 Å². The fraction of sp³-hybridized carbons (Fsp3) is 0.308. The van der Waals surface area contributed by atoms with E-state index in [1.165, 1.54) is 5.56 Å². The number of nitrogens with one attached hydrogen (secondary N) is 2. The molecular weight excluding hydrogens is 200 g/mol. The van der Waals surface area contributed by atoms with Gasteiger partial charge in [-0.3, -0.25) is 4.79 Å². The Labute approximate surface area is 95.6 Å². The lowest BCUT2D eigenvalue weighted by Crippen LogP contribution is -2.24. The summed E-state index contributed by atoms with van der Waals surface area (Å²) in [6, 6.07) is 5.81. The average Bonchev–Trinajstić information content (AvgIpc) is 2.72. The van der Waals surface area contributed by atoms with Crippen LogP contribution in [0.2, 0.25) is 0 Å². The van der Waals surface area contributed by atoms with Crippen LogP contribution in [0.1, 0.15) is 22.8 Å². The van der Waals surface area contributed by atoms with Crippen LogP contribution < -0.4 is 10.6 Å². The van der Waals surface area contributed by atoms with Crippen molar-refractivity contribution in [2.24, 2.45) is 0 Å². The molecule has 3 nitrogen and oxygen atoms in total. The number of hydrogen-bond donors (Lipinski definition) is 2. The molecule has 1 amide bonds. The number of benzene rings is 1. The van der Waals surface area contributed by atoms with Crippen LogP contribution in [0.15, 0.2) is 30.4 Å². The van der Waals surface area contributed by atoms with Crippen LogP contribution in [0.25, 0.3) is 0 Å². The van der Waals surface area contributed by atoms with Crippen molar-refractivity contribution < 1.29 is 4.79 Å². The van der Waals surface area contributed by atoms with Gasteiger partial charge in [0.2, 0.25) is 0 Å². The Morgan fingerprint density at radius 2 is 2.38 bits per heavy atom. The molecule has 1 aliphatic heterocycles. The average molecular weight is 216 g/mol. The monoisotopic (exact) mass is 216 g/mol. The molecule has 0 bridgehead atoms. The molecule has 1 aliphatic rings. The summed E-state index contributed by atoms with van der Waals surface area (Å²) < 4.78 is 0. The zero-order valence-corrected chi connectivity index (χ0v) is 9.47. The van der Waals surface area contributed by atoms with E-state index in [4.69, 9.17) is 0 Å². The second kappa shape index (κ2) is 4.39. The summed E-state index contributed by atoms with van der Waals surface area (Å²) in [4.78, 5) is 11.8. The van der Waals surface area contributed by atoms with Crippen LogP contribution in [-0.2, 0) is 6.42 Å². The van der Waals surface area contributed by atoms with Crippen molar-refractivity contribution >= 4 is 11.6 Å². The van der Waals surface area contributed by atoms with Gasteiger partial charge in [-0.15, -0.1) is 0 Å². The van der Waals surface area contributed by atoms with E-state index in [2.05, 4.69) is 17.2 Å². The van der Waals surface area contributed by atoms with Crippen molar-refractivity contribution in [1.29, 1.82) is 0 Å². The summed E-state index contributed by atoms with van der Waals surface area (Å²) in [5, 5.41) is 6.09. The Morgan fingerprint density at radius 3 is 3.12 bits per heavy atom. The topological polar surface area (TPSA) is 41.1 Å². The van der Waals surface area contributed by atoms with E-state index in [9.17, 15) is 4.79 Å². The van der Waals surface area contributed by atoms with Gasteiger partial charge in [-0.2, -0.15) is 0 Å². The summed E-state index contributed by atoms with van der Waals surface area (Å²) in [6.45, 7) is 7.14. The molecular formula is C13H16N2O. The molecule has 0 saturated carbocycles. The molecule has 0 atom stereocenters. The van der Waals surface area contributed by atoms with Gasteiger partial charge in [-0.25, -0.2) is 0 Å². The highest BCUT2D eigenvalue weighted by molar-refractivity contribution is 5.95. The fourth-order valence-corrected chi connectivity index (χ4v) is 1.77. The predicted octanol–water partition coefficient (Wildman–Crippen LogP) is 1.96. The van der Waals surface area contributed by atoms with Gasteiger partial charge in [-0.05, 0) is 31.0 Å². The largest absolute Gasteiger partial charge is 0.384 e. The van der Waals surface area contributed by atoms with Crippen molar-refractivity contribution in [1.82, 2.24) is 5.32 Å². The van der Waals surface area contributed by atoms with E-state index in [0.717, 1.165) is 24.2 Å². The van der Waals surface area contributed by atoms with Crippen molar-refractivity contribution in [3.05, 3.63) is 41.5 Å². The van der Waals surface area contributed by atoms with Crippen molar-refractivity contribution in [2.75, 3.05) is 18.4 Å². The molecule has 1 aromatic rings. The lowest BCUT2D eigenvalue weighted by atomic mass is 10.1. The van der Waals surface area contributed by atoms with Gasteiger partial charge in [0.1, 0.15) is 0 Å². The standard InChI is InChI=1S/C13H16N2O/c1-9(2)8-15-13(16)11-4-3-10-5-6-14-12(10)7-11/h3-4,7,14H,1,5-6,8H2,2H3,(H,15,16). The third-order valence-electron chi connectivity index (χ3n) is 2.63.